The van der Waals surface area contributed by atoms with E-state index in [4.69, 9.17) is 9.47 Å². The van der Waals surface area contributed by atoms with Gasteiger partial charge in [0.05, 0.1) is 0 Å². The summed E-state index contributed by atoms with van der Waals surface area (Å²) in [7, 11) is 0. The molecule has 8 nitrogen and oxygen atoms in total. The third-order valence-corrected chi connectivity index (χ3v) is 6.19. The lowest BCUT2D eigenvalue weighted by Gasteiger charge is -2.36. The molecule has 4 rings (SSSR count). The SMILES string of the molecule is C=CCNC(=O)[C@H](NC(=O)c1ccc2c(c1)OCO2)C1CCN(C(=O)c2cccc(C)c2)CC1. The van der Waals surface area contributed by atoms with Gasteiger partial charge in [-0.2, -0.15) is 0 Å². The Bertz CT molecular complexity index is 1090. The predicted octanol–water partition coefficient (Wildman–Crippen LogP) is 2.68. The molecule has 1 saturated heterocycles. The van der Waals surface area contributed by atoms with Crippen LogP contribution in [-0.2, 0) is 4.79 Å². The molecule has 1 fully saturated rings. The molecule has 0 bridgehead atoms. The van der Waals surface area contributed by atoms with Gasteiger partial charge in [0, 0.05) is 30.8 Å². The van der Waals surface area contributed by atoms with Crippen LogP contribution in [0.3, 0.4) is 0 Å². The molecule has 0 aliphatic carbocycles. The molecule has 2 aromatic rings. The standard InChI is InChI=1S/C26H29N3O5/c1-3-11-27-25(31)23(28-24(30)19-7-8-21-22(15-19)34-16-33-21)18-9-12-29(13-10-18)26(32)20-6-4-5-17(2)14-20/h3-8,14-15,18,23H,1,9-13,16H2,2H3,(H,27,31)(H,28,30)/t23-/m1/s1. The molecule has 2 N–H and O–H groups in total. The van der Waals surface area contributed by atoms with E-state index in [9.17, 15) is 14.4 Å². The molecule has 2 aliphatic rings. The van der Waals surface area contributed by atoms with E-state index in [0.29, 0.717) is 55.1 Å². The summed E-state index contributed by atoms with van der Waals surface area (Å²) < 4.78 is 10.7. The molecule has 1 atom stereocenters. The van der Waals surface area contributed by atoms with Gasteiger partial charge >= 0.3 is 0 Å². The molecule has 0 saturated carbocycles. The molecular weight excluding hydrogens is 434 g/mol. The molecule has 8 heteroatoms. The summed E-state index contributed by atoms with van der Waals surface area (Å²) in [6.45, 7) is 7.05. The van der Waals surface area contributed by atoms with Crippen LogP contribution in [0.2, 0.25) is 0 Å². The zero-order valence-electron chi connectivity index (χ0n) is 19.2. The van der Waals surface area contributed by atoms with Gasteiger partial charge < -0.3 is 25.0 Å². The minimum atomic E-state index is -0.728. The van der Waals surface area contributed by atoms with Gasteiger partial charge in [-0.25, -0.2) is 0 Å². The Morgan fingerprint density at radius 1 is 1.09 bits per heavy atom. The van der Waals surface area contributed by atoms with Crippen molar-refractivity contribution in [1.82, 2.24) is 15.5 Å². The van der Waals surface area contributed by atoms with Crippen molar-refractivity contribution in [3.63, 3.8) is 0 Å². The van der Waals surface area contributed by atoms with Crippen LogP contribution >= 0.6 is 0 Å². The van der Waals surface area contributed by atoms with E-state index in [1.165, 1.54) is 0 Å². The molecule has 34 heavy (non-hydrogen) atoms. The minimum Gasteiger partial charge on any atom is -0.454 e. The van der Waals surface area contributed by atoms with Gasteiger partial charge in [-0.1, -0.05) is 23.8 Å². The highest BCUT2D eigenvalue weighted by molar-refractivity contribution is 5.98. The second kappa shape index (κ2) is 10.4. The summed E-state index contributed by atoms with van der Waals surface area (Å²) >= 11 is 0. The molecular formula is C26H29N3O5. The zero-order valence-corrected chi connectivity index (χ0v) is 19.2. The number of benzene rings is 2. The van der Waals surface area contributed by atoms with Crippen molar-refractivity contribution in [3.8, 4) is 11.5 Å². The minimum absolute atomic E-state index is 0.0146. The topological polar surface area (TPSA) is 97.0 Å². The summed E-state index contributed by atoms with van der Waals surface area (Å²) in [4.78, 5) is 40.6. The Morgan fingerprint density at radius 2 is 1.85 bits per heavy atom. The third-order valence-electron chi connectivity index (χ3n) is 6.19. The number of aryl methyl sites for hydroxylation is 1. The number of carbonyl (C=O) groups is 3. The zero-order chi connectivity index (χ0) is 24.1. The van der Waals surface area contributed by atoms with Gasteiger partial charge in [-0.3, -0.25) is 14.4 Å². The maximum Gasteiger partial charge on any atom is 0.253 e. The van der Waals surface area contributed by atoms with Gasteiger partial charge in [-0.15, -0.1) is 6.58 Å². The van der Waals surface area contributed by atoms with Crippen molar-refractivity contribution >= 4 is 17.7 Å². The number of piperidine rings is 1. The molecule has 3 amide bonds. The molecule has 0 spiro atoms. The van der Waals surface area contributed by atoms with Crippen molar-refractivity contribution in [3.05, 3.63) is 71.8 Å². The molecule has 2 aliphatic heterocycles. The highest BCUT2D eigenvalue weighted by Gasteiger charge is 2.34. The Hall–Kier alpha value is -3.81. The summed E-state index contributed by atoms with van der Waals surface area (Å²) in [5.74, 6) is 0.335. The Kier molecular flexibility index (Phi) is 7.15. The number of hydrogen-bond donors (Lipinski definition) is 2. The van der Waals surface area contributed by atoms with E-state index in [1.807, 2.05) is 36.1 Å². The normalized spacial score (nSPS) is 16.0. The van der Waals surface area contributed by atoms with Crippen LogP contribution in [0.25, 0.3) is 0 Å². The van der Waals surface area contributed by atoms with Crippen LogP contribution in [0.5, 0.6) is 11.5 Å². The van der Waals surface area contributed by atoms with E-state index in [1.54, 1.807) is 24.3 Å². The predicted molar refractivity (Wildman–Crippen MR) is 127 cm³/mol. The van der Waals surface area contributed by atoms with E-state index >= 15 is 0 Å². The highest BCUT2D eigenvalue weighted by Crippen LogP contribution is 2.32. The first-order valence-corrected chi connectivity index (χ1v) is 11.4. The largest absolute Gasteiger partial charge is 0.454 e. The van der Waals surface area contributed by atoms with Crippen LogP contribution in [0.4, 0.5) is 0 Å². The van der Waals surface area contributed by atoms with Crippen molar-refractivity contribution < 1.29 is 23.9 Å². The first-order chi connectivity index (χ1) is 16.5. The highest BCUT2D eigenvalue weighted by atomic mass is 16.7. The number of carbonyl (C=O) groups excluding carboxylic acids is 3. The summed E-state index contributed by atoms with van der Waals surface area (Å²) in [6, 6.07) is 11.7. The second-order valence-corrected chi connectivity index (χ2v) is 8.55. The van der Waals surface area contributed by atoms with Crippen LogP contribution < -0.4 is 20.1 Å². The Labute approximate surface area is 198 Å². The Balaban J connectivity index is 1.44. The summed E-state index contributed by atoms with van der Waals surface area (Å²) in [6.07, 6.45) is 2.80. The lowest BCUT2D eigenvalue weighted by molar-refractivity contribution is -0.124. The van der Waals surface area contributed by atoms with Crippen molar-refractivity contribution in [2.24, 2.45) is 5.92 Å². The van der Waals surface area contributed by atoms with Gasteiger partial charge in [0.25, 0.3) is 11.8 Å². The molecule has 0 unspecified atom stereocenters. The number of likely N-dealkylation sites (tertiary alicyclic amines) is 1. The first kappa shape index (κ1) is 23.4. The second-order valence-electron chi connectivity index (χ2n) is 8.55. The van der Waals surface area contributed by atoms with E-state index in [0.717, 1.165) is 5.56 Å². The van der Waals surface area contributed by atoms with Crippen molar-refractivity contribution in [2.45, 2.75) is 25.8 Å². The number of fused-ring (bicyclic) bond motifs is 1. The number of ether oxygens (including phenoxy) is 2. The van der Waals surface area contributed by atoms with Crippen molar-refractivity contribution in [1.29, 1.82) is 0 Å². The van der Waals surface area contributed by atoms with Crippen molar-refractivity contribution in [2.75, 3.05) is 26.4 Å². The quantitative estimate of drug-likeness (QED) is 0.616. The first-order valence-electron chi connectivity index (χ1n) is 11.4. The number of rotatable bonds is 7. The van der Waals surface area contributed by atoms with Crippen LogP contribution in [0, 0.1) is 12.8 Å². The molecule has 0 aromatic heterocycles. The fraction of sp³-hybridized carbons (Fsp3) is 0.346. The van der Waals surface area contributed by atoms with Crippen LogP contribution in [-0.4, -0.2) is 55.1 Å². The maximum atomic E-state index is 13.0. The maximum absolute atomic E-state index is 13.0. The molecule has 0 radical (unpaired) electrons. The van der Waals surface area contributed by atoms with Crippen LogP contribution in [0.15, 0.2) is 55.1 Å². The lowest BCUT2D eigenvalue weighted by atomic mass is 9.88. The Morgan fingerprint density at radius 3 is 2.59 bits per heavy atom. The van der Waals surface area contributed by atoms with E-state index < -0.39 is 6.04 Å². The van der Waals surface area contributed by atoms with Gasteiger partial charge in [0.15, 0.2) is 11.5 Å². The molecule has 2 aromatic carbocycles. The van der Waals surface area contributed by atoms with Crippen LogP contribution in [0.1, 0.15) is 39.1 Å². The molecule has 178 valence electrons. The fourth-order valence-corrected chi connectivity index (χ4v) is 4.34. The average molecular weight is 464 g/mol. The number of amides is 3. The smallest absolute Gasteiger partial charge is 0.253 e. The monoisotopic (exact) mass is 463 g/mol. The summed E-state index contributed by atoms with van der Waals surface area (Å²) in [5, 5.41) is 5.70. The third kappa shape index (κ3) is 5.22. The number of nitrogens with zero attached hydrogens (tertiary/aromatic N) is 1. The number of nitrogens with one attached hydrogen (secondary N) is 2. The fourth-order valence-electron chi connectivity index (χ4n) is 4.34. The summed E-state index contributed by atoms with van der Waals surface area (Å²) in [5.41, 5.74) is 2.08. The lowest BCUT2D eigenvalue weighted by Crippen LogP contribution is -2.53. The number of hydrogen-bond acceptors (Lipinski definition) is 5. The molecule has 2 heterocycles. The average Bonchev–Trinajstić information content (AvgIpc) is 3.33. The van der Waals surface area contributed by atoms with Gasteiger partial charge in [0.2, 0.25) is 12.7 Å². The van der Waals surface area contributed by atoms with E-state index in [2.05, 4.69) is 17.2 Å². The van der Waals surface area contributed by atoms with E-state index in [-0.39, 0.29) is 30.4 Å². The van der Waals surface area contributed by atoms with Gasteiger partial charge in [-0.05, 0) is 56.0 Å². The van der Waals surface area contributed by atoms with Gasteiger partial charge in [0.1, 0.15) is 6.04 Å².